The fraction of sp³-hybridized carbons (Fsp3) is 1.00. The Balaban J connectivity index is 1.72. The van der Waals surface area contributed by atoms with Crippen molar-refractivity contribution in [2.45, 2.75) is 71.3 Å². The van der Waals surface area contributed by atoms with Gasteiger partial charge in [-0.15, -0.1) is 0 Å². The molecule has 2 atom stereocenters. The summed E-state index contributed by atoms with van der Waals surface area (Å²) in [5, 5.41) is 3.83. The van der Waals surface area contributed by atoms with Gasteiger partial charge in [-0.25, -0.2) is 0 Å². The fourth-order valence-corrected chi connectivity index (χ4v) is 3.42. The molecular formula is C14H27N. The molecule has 1 heteroatoms. The summed E-state index contributed by atoms with van der Waals surface area (Å²) in [7, 11) is 0. The quantitative estimate of drug-likeness (QED) is 0.746. The van der Waals surface area contributed by atoms with Gasteiger partial charge in [-0.2, -0.15) is 0 Å². The summed E-state index contributed by atoms with van der Waals surface area (Å²) in [5.74, 6) is 0.952. The third-order valence-electron chi connectivity index (χ3n) is 4.56. The van der Waals surface area contributed by atoms with Crippen LogP contribution in [0.2, 0.25) is 0 Å². The first kappa shape index (κ1) is 11.4. The first-order valence-corrected chi connectivity index (χ1v) is 6.91. The Morgan fingerprint density at radius 1 is 1.13 bits per heavy atom. The molecule has 0 aromatic carbocycles. The summed E-state index contributed by atoms with van der Waals surface area (Å²) >= 11 is 0. The average Bonchev–Trinajstić information content (AvgIpc) is 2.63. The zero-order valence-electron chi connectivity index (χ0n) is 10.5. The SMILES string of the molecule is CC1CCCC(NCC2(C)CCCC2)C1. The van der Waals surface area contributed by atoms with E-state index in [0.29, 0.717) is 5.41 Å². The molecule has 0 spiro atoms. The van der Waals surface area contributed by atoms with E-state index < -0.39 is 0 Å². The summed E-state index contributed by atoms with van der Waals surface area (Å²) in [6, 6.07) is 0.825. The maximum absolute atomic E-state index is 3.83. The van der Waals surface area contributed by atoms with E-state index in [2.05, 4.69) is 19.2 Å². The molecule has 2 rings (SSSR count). The van der Waals surface area contributed by atoms with Crippen LogP contribution in [0.3, 0.4) is 0 Å². The van der Waals surface area contributed by atoms with Crippen molar-refractivity contribution in [2.75, 3.05) is 6.54 Å². The second kappa shape index (κ2) is 4.86. The lowest BCUT2D eigenvalue weighted by molar-refractivity contribution is 0.248. The van der Waals surface area contributed by atoms with Gasteiger partial charge in [0.2, 0.25) is 0 Å². The molecule has 0 saturated heterocycles. The molecule has 0 aromatic heterocycles. The minimum atomic E-state index is 0.626. The number of hydrogen-bond donors (Lipinski definition) is 1. The largest absolute Gasteiger partial charge is 0.313 e. The maximum Gasteiger partial charge on any atom is 0.00698 e. The molecule has 2 aliphatic rings. The first-order chi connectivity index (χ1) is 7.18. The zero-order valence-corrected chi connectivity index (χ0v) is 10.5. The first-order valence-electron chi connectivity index (χ1n) is 6.91. The van der Waals surface area contributed by atoms with Gasteiger partial charge in [-0.1, -0.05) is 39.5 Å². The molecule has 1 nitrogen and oxygen atoms in total. The standard InChI is InChI=1S/C14H27N/c1-12-6-5-7-13(10-12)15-11-14(2)8-3-4-9-14/h12-13,15H,3-11H2,1-2H3. The van der Waals surface area contributed by atoms with E-state index in [9.17, 15) is 0 Å². The van der Waals surface area contributed by atoms with Gasteiger partial charge in [0.25, 0.3) is 0 Å². The summed E-state index contributed by atoms with van der Waals surface area (Å²) in [5.41, 5.74) is 0.626. The fourth-order valence-electron chi connectivity index (χ4n) is 3.42. The summed E-state index contributed by atoms with van der Waals surface area (Å²) < 4.78 is 0. The lowest BCUT2D eigenvalue weighted by atomic mass is 9.85. The highest BCUT2D eigenvalue weighted by Crippen LogP contribution is 2.37. The molecule has 2 unspecified atom stereocenters. The molecule has 0 aliphatic heterocycles. The molecule has 15 heavy (non-hydrogen) atoms. The number of rotatable bonds is 3. The van der Waals surface area contributed by atoms with Gasteiger partial charge in [0.1, 0.15) is 0 Å². The van der Waals surface area contributed by atoms with Crippen LogP contribution in [-0.4, -0.2) is 12.6 Å². The molecular weight excluding hydrogens is 182 g/mol. The van der Waals surface area contributed by atoms with E-state index in [1.807, 2.05) is 0 Å². The molecule has 0 amide bonds. The van der Waals surface area contributed by atoms with Crippen LogP contribution in [0.5, 0.6) is 0 Å². The van der Waals surface area contributed by atoms with Crippen molar-refractivity contribution >= 4 is 0 Å². The minimum Gasteiger partial charge on any atom is -0.313 e. The molecule has 0 bridgehead atoms. The van der Waals surface area contributed by atoms with Gasteiger partial charge in [-0.05, 0) is 37.0 Å². The van der Waals surface area contributed by atoms with Crippen molar-refractivity contribution in [3.63, 3.8) is 0 Å². The van der Waals surface area contributed by atoms with Gasteiger partial charge in [0, 0.05) is 12.6 Å². The van der Waals surface area contributed by atoms with Crippen LogP contribution in [-0.2, 0) is 0 Å². The van der Waals surface area contributed by atoms with Crippen molar-refractivity contribution in [2.24, 2.45) is 11.3 Å². The van der Waals surface area contributed by atoms with Crippen molar-refractivity contribution in [3.8, 4) is 0 Å². The number of hydrogen-bond acceptors (Lipinski definition) is 1. The zero-order chi connectivity index (χ0) is 10.7. The van der Waals surface area contributed by atoms with Crippen LogP contribution in [0.1, 0.15) is 65.2 Å². The highest BCUT2D eigenvalue weighted by Gasteiger charge is 2.29. The van der Waals surface area contributed by atoms with E-state index in [1.165, 1.54) is 57.9 Å². The van der Waals surface area contributed by atoms with Crippen LogP contribution >= 0.6 is 0 Å². The normalized spacial score (nSPS) is 35.6. The highest BCUT2D eigenvalue weighted by atomic mass is 14.9. The van der Waals surface area contributed by atoms with Crippen LogP contribution in [0.25, 0.3) is 0 Å². The van der Waals surface area contributed by atoms with Crippen molar-refractivity contribution in [1.29, 1.82) is 0 Å². The molecule has 88 valence electrons. The predicted octanol–water partition coefficient (Wildman–Crippen LogP) is 3.74. The molecule has 2 fully saturated rings. The second-order valence-electron chi connectivity index (χ2n) is 6.37. The Morgan fingerprint density at radius 2 is 1.87 bits per heavy atom. The molecule has 2 saturated carbocycles. The van der Waals surface area contributed by atoms with Gasteiger partial charge < -0.3 is 5.32 Å². The van der Waals surface area contributed by atoms with Crippen LogP contribution < -0.4 is 5.32 Å². The van der Waals surface area contributed by atoms with Crippen molar-refractivity contribution in [1.82, 2.24) is 5.32 Å². The highest BCUT2D eigenvalue weighted by molar-refractivity contribution is 4.85. The Hall–Kier alpha value is -0.0400. The summed E-state index contributed by atoms with van der Waals surface area (Å²) in [4.78, 5) is 0. The molecule has 1 N–H and O–H groups in total. The Morgan fingerprint density at radius 3 is 2.53 bits per heavy atom. The molecule has 0 aromatic rings. The summed E-state index contributed by atoms with van der Waals surface area (Å²) in [6.07, 6.45) is 11.5. The van der Waals surface area contributed by atoms with Crippen molar-refractivity contribution in [3.05, 3.63) is 0 Å². The minimum absolute atomic E-state index is 0.626. The Labute approximate surface area is 95.0 Å². The third-order valence-corrected chi connectivity index (χ3v) is 4.56. The van der Waals surface area contributed by atoms with Crippen LogP contribution in [0.4, 0.5) is 0 Å². The summed E-state index contributed by atoms with van der Waals surface area (Å²) in [6.45, 7) is 6.15. The van der Waals surface area contributed by atoms with Gasteiger partial charge in [-0.3, -0.25) is 0 Å². The Bertz CT molecular complexity index is 194. The molecule has 0 heterocycles. The monoisotopic (exact) mass is 209 g/mol. The van der Waals surface area contributed by atoms with Gasteiger partial charge in [0.15, 0.2) is 0 Å². The topological polar surface area (TPSA) is 12.0 Å². The van der Waals surface area contributed by atoms with E-state index in [1.54, 1.807) is 0 Å². The third kappa shape index (κ3) is 3.21. The smallest absolute Gasteiger partial charge is 0.00698 e. The lowest BCUT2D eigenvalue weighted by Gasteiger charge is -2.32. The number of nitrogens with one attached hydrogen (secondary N) is 1. The second-order valence-corrected chi connectivity index (χ2v) is 6.37. The average molecular weight is 209 g/mol. The van der Waals surface area contributed by atoms with E-state index >= 15 is 0 Å². The van der Waals surface area contributed by atoms with E-state index in [4.69, 9.17) is 0 Å². The lowest BCUT2D eigenvalue weighted by Crippen LogP contribution is -2.39. The van der Waals surface area contributed by atoms with Gasteiger partial charge in [0.05, 0.1) is 0 Å². The molecule has 2 aliphatic carbocycles. The van der Waals surface area contributed by atoms with Gasteiger partial charge >= 0.3 is 0 Å². The maximum atomic E-state index is 3.83. The van der Waals surface area contributed by atoms with Crippen LogP contribution in [0.15, 0.2) is 0 Å². The molecule has 0 radical (unpaired) electrons. The van der Waals surface area contributed by atoms with E-state index in [0.717, 1.165) is 12.0 Å². The Kier molecular flexibility index (Phi) is 3.71. The predicted molar refractivity (Wildman–Crippen MR) is 66.0 cm³/mol. The van der Waals surface area contributed by atoms with E-state index in [-0.39, 0.29) is 0 Å². The van der Waals surface area contributed by atoms with Crippen molar-refractivity contribution < 1.29 is 0 Å². The van der Waals surface area contributed by atoms with Crippen LogP contribution in [0, 0.1) is 11.3 Å².